The molecule has 0 unspecified atom stereocenters. The number of benzene rings is 2. The summed E-state index contributed by atoms with van der Waals surface area (Å²) in [5.41, 5.74) is 3.79. The zero-order valence-corrected chi connectivity index (χ0v) is 16.0. The molecule has 0 bridgehead atoms. The quantitative estimate of drug-likeness (QED) is 0.660. The molecular formula is C22H24N4O. The Hall–Kier alpha value is -3.21. The number of anilines is 2. The lowest BCUT2D eigenvalue weighted by Gasteiger charge is -2.22. The van der Waals surface area contributed by atoms with E-state index < -0.39 is 0 Å². The Kier molecular flexibility index (Phi) is 5.81. The standard InChI is InChI=1S/C22H24N4O/c1-4-26(20-12-8-9-17(2)13-20)22-23-14-19(15-24-22)21(27)25(3)16-18-10-6-5-7-11-18/h5-15H,4,16H2,1-3H3. The van der Waals surface area contributed by atoms with Crippen molar-refractivity contribution < 1.29 is 4.79 Å². The highest BCUT2D eigenvalue weighted by Gasteiger charge is 2.15. The van der Waals surface area contributed by atoms with Gasteiger partial charge in [0, 0.05) is 38.2 Å². The van der Waals surface area contributed by atoms with Gasteiger partial charge in [0.15, 0.2) is 0 Å². The van der Waals surface area contributed by atoms with Gasteiger partial charge in [-0.2, -0.15) is 0 Å². The van der Waals surface area contributed by atoms with Crippen LogP contribution in [0.4, 0.5) is 11.6 Å². The number of hydrogen-bond acceptors (Lipinski definition) is 4. The first-order valence-electron chi connectivity index (χ1n) is 9.04. The third-order valence-corrected chi connectivity index (χ3v) is 4.37. The van der Waals surface area contributed by atoms with Gasteiger partial charge in [-0.05, 0) is 37.1 Å². The number of rotatable bonds is 6. The van der Waals surface area contributed by atoms with Gasteiger partial charge in [0.05, 0.1) is 5.56 Å². The minimum absolute atomic E-state index is 0.0935. The summed E-state index contributed by atoms with van der Waals surface area (Å²) in [6.45, 7) is 5.40. The van der Waals surface area contributed by atoms with Crippen molar-refractivity contribution in [2.24, 2.45) is 0 Å². The fourth-order valence-corrected chi connectivity index (χ4v) is 2.96. The van der Waals surface area contributed by atoms with E-state index in [4.69, 9.17) is 0 Å². The Labute approximate surface area is 160 Å². The molecule has 1 aromatic heterocycles. The molecule has 138 valence electrons. The van der Waals surface area contributed by atoms with Crippen LogP contribution in [-0.4, -0.2) is 34.4 Å². The average Bonchev–Trinajstić information content (AvgIpc) is 2.69. The third-order valence-electron chi connectivity index (χ3n) is 4.37. The van der Waals surface area contributed by atoms with Gasteiger partial charge in [0.2, 0.25) is 5.95 Å². The van der Waals surface area contributed by atoms with Gasteiger partial charge < -0.3 is 9.80 Å². The predicted molar refractivity (Wildman–Crippen MR) is 108 cm³/mol. The zero-order valence-electron chi connectivity index (χ0n) is 16.0. The summed E-state index contributed by atoms with van der Waals surface area (Å²) in [5.74, 6) is 0.495. The number of hydrogen-bond donors (Lipinski definition) is 0. The number of amides is 1. The molecule has 3 rings (SSSR count). The van der Waals surface area contributed by atoms with Gasteiger partial charge in [-0.25, -0.2) is 9.97 Å². The van der Waals surface area contributed by atoms with E-state index in [2.05, 4.69) is 35.9 Å². The van der Waals surface area contributed by atoms with Gasteiger partial charge in [-0.15, -0.1) is 0 Å². The van der Waals surface area contributed by atoms with E-state index >= 15 is 0 Å². The monoisotopic (exact) mass is 360 g/mol. The van der Waals surface area contributed by atoms with Crippen molar-refractivity contribution in [1.82, 2.24) is 14.9 Å². The first kappa shape index (κ1) is 18.6. The van der Waals surface area contributed by atoms with E-state index in [0.29, 0.717) is 18.1 Å². The van der Waals surface area contributed by atoms with Crippen molar-refractivity contribution in [2.75, 3.05) is 18.5 Å². The van der Waals surface area contributed by atoms with Crippen LogP contribution in [0.1, 0.15) is 28.4 Å². The summed E-state index contributed by atoms with van der Waals surface area (Å²) >= 11 is 0. The van der Waals surface area contributed by atoms with E-state index in [0.717, 1.165) is 17.8 Å². The first-order chi connectivity index (χ1) is 13.1. The molecule has 1 amide bonds. The average molecular weight is 360 g/mol. The molecular weight excluding hydrogens is 336 g/mol. The van der Waals surface area contributed by atoms with Crippen molar-refractivity contribution in [1.29, 1.82) is 0 Å². The van der Waals surface area contributed by atoms with Crippen LogP contribution in [-0.2, 0) is 6.54 Å². The Bertz CT molecular complexity index is 894. The maximum atomic E-state index is 12.6. The van der Waals surface area contributed by atoms with Gasteiger partial charge in [0.1, 0.15) is 0 Å². The molecule has 0 radical (unpaired) electrons. The molecule has 1 heterocycles. The summed E-state index contributed by atoms with van der Waals surface area (Å²) in [7, 11) is 1.79. The summed E-state index contributed by atoms with van der Waals surface area (Å²) in [6, 6.07) is 18.1. The van der Waals surface area contributed by atoms with E-state index in [9.17, 15) is 4.79 Å². The molecule has 0 spiro atoms. The van der Waals surface area contributed by atoms with Crippen LogP contribution in [0.5, 0.6) is 0 Å². The molecule has 0 aliphatic heterocycles. The fourth-order valence-electron chi connectivity index (χ4n) is 2.96. The number of carbonyl (C=O) groups is 1. The van der Waals surface area contributed by atoms with Crippen molar-refractivity contribution in [3.63, 3.8) is 0 Å². The number of nitrogens with zero attached hydrogens (tertiary/aromatic N) is 4. The lowest BCUT2D eigenvalue weighted by molar-refractivity contribution is 0.0784. The van der Waals surface area contributed by atoms with Crippen molar-refractivity contribution in [3.8, 4) is 0 Å². The molecule has 3 aromatic rings. The SMILES string of the molecule is CCN(c1cccc(C)c1)c1ncc(C(=O)N(C)Cc2ccccc2)cn1. The van der Waals surface area contributed by atoms with Gasteiger partial charge in [-0.1, -0.05) is 42.5 Å². The molecule has 0 aliphatic rings. The number of aryl methyl sites for hydroxylation is 1. The van der Waals surface area contributed by atoms with Crippen molar-refractivity contribution >= 4 is 17.5 Å². The van der Waals surface area contributed by atoms with Crippen LogP contribution in [0.3, 0.4) is 0 Å². The molecule has 5 heteroatoms. The summed E-state index contributed by atoms with van der Waals surface area (Å²) in [5, 5.41) is 0. The Morgan fingerprint density at radius 2 is 1.70 bits per heavy atom. The molecule has 5 nitrogen and oxygen atoms in total. The van der Waals surface area contributed by atoms with E-state index in [1.54, 1.807) is 24.3 Å². The van der Waals surface area contributed by atoms with Crippen molar-refractivity contribution in [2.45, 2.75) is 20.4 Å². The second-order valence-electron chi connectivity index (χ2n) is 6.50. The van der Waals surface area contributed by atoms with Crippen LogP contribution in [0, 0.1) is 6.92 Å². The molecule has 2 aromatic carbocycles. The van der Waals surface area contributed by atoms with Crippen LogP contribution >= 0.6 is 0 Å². The number of aromatic nitrogens is 2. The smallest absolute Gasteiger partial charge is 0.257 e. The normalized spacial score (nSPS) is 10.5. The second-order valence-corrected chi connectivity index (χ2v) is 6.50. The molecule has 0 saturated heterocycles. The van der Waals surface area contributed by atoms with Crippen LogP contribution < -0.4 is 4.90 Å². The fraction of sp³-hybridized carbons (Fsp3) is 0.227. The predicted octanol–water partition coefficient (Wildman–Crippen LogP) is 4.22. The minimum Gasteiger partial charge on any atom is -0.337 e. The first-order valence-corrected chi connectivity index (χ1v) is 9.04. The van der Waals surface area contributed by atoms with E-state index in [-0.39, 0.29) is 5.91 Å². The Morgan fingerprint density at radius 3 is 2.33 bits per heavy atom. The van der Waals surface area contributed by atoms with Gasteiger partial charge >= 0.3 is 0 Å². The maximum absolute atomic E-state index is 12.6. The number of carbonyl (C=O) groups excluding carboxylic acids is 1. The molecule has 27 heavy (non-hydrogen) atoms. The lowest BCUT2D eigenvalue weighted by atomic mass is 10.2. The van der Waals surface area contributed by atoms with Gasteiger partial charge in [-0.3, -0.25) is 4.79 Å². The second kappa shape index (κ2) is 8.45. The lowest BCUT2D eigenvalue weighted by Crippen LogP contribution is -2.27. The molecule has 0 atom stereocenters. The van der Waals surface area contributed by atoms with E-state index in [1.165, 1.54) is 5.56 Å². The zero-order chi connectivity index (χ0) is 19.2. The van der Waals surface area contributed by atoms with Crippen molar-refractivity contribution in [3.05, 3.63) is 83.7 Å². The third kappa shape index (κ3) is 4.50. The van der Waals surface area contributed by atoms with Crippen LogP contribution in [0.25, 0.3) is 0 Å². The molecule has 0 fully saturated rings. The summed E-state index contributed by atoms with van der Waals surface area (Å²) in [6.07, 6.45) is 3.20. The Morgan fingerprint density at radius 1 is 1.00 bits per heavy atom. The minimum atomic E-state index is -0.0935. The van der Waals surface area contributed by atoms with Crippen LogP contribution in [0.2, 0.25) is 0 Å². The molecule has 0 aliphatic carbocycles. The summed E-state index contributed by atoms with van der Waals surface area (Å²) in [4.78, 5) is 25.2. The summed E-state index contributed by atoms with van der Waals surface area (Å²) < 4.78 is 0. The maximum Gasteiger partial charge on any atom is 0.257 e. The van der Waals surface area contributed by atoms with Crippen LogP contribution in [0.15, 0.2) is 67.0 Å². The topological polar surface area (TPSA) is 49.3 Å². The highest BCUT2D eigenvalue weighted by atomic mass is 16.2. The molecule has 0 saturated carbocycles. The largest absolute Gasteiger partial charge is 0.337 e. The highest BCUT2D eigenvalue weighted by Crippen LogP contribution is 2.22. The highest BCUT2D eigenvalue weighted by molar-refractivity contribution is 5.93. The Balaban J connectivity index is 1.74. The van der Waals surface area contributed by atoms with Gasteiger partial charge in [0.25, 0.3) is 5.91 Å². The molecule has 0 N–H and O–H groups in total. The van der Waals surface area contributed by atoms with E-state index in [1.807, 2.05) is 47.4 Å².